The number of hydrogen-bond acceptors (Lipinski definition) is 2. The van der Waals surface area contributed by atoms with Gasteiger partial charge in [0.1, 0.15) is 5.75 Å². The third-order valence-electron chi connectivity index (χ3n) is 1.77. The van der Waals surface area contributed by atoms with Crippen molar-refractivity contribution in [1.82, 2.24) is 0 Å². The topological polar surface area (TPSA) is 35.2 Å². The molecule has 0 aliphatic heterocycles. The van der Waals surface area contributed by atoms with E-state index < -0.39 is 12.6 Å². The van der Waals surface area contributed by atoms with Crippen LogP contribution in [0.15, 0.2) is 18.2 Å². The van der Waals surface area contributed by atoms with Gasteiger partial charge in [-0.25, -0.2) is 0 Å². The maximum Gasteiger partial charge on any atom is 0.393 e. The largest absolute Gasteiger partial charge is 0.496 e. The van der Waals surface area contributed by atoms with Crippen LogP contribution in [0, 0.1) is 0 Å². The molecule has 0 aliphatic rings. The molecule has 1 rings (SSSR count). The molecule has 0 aromatic heterocycles. The molecule has 0 amide bonds. The predicted octanol–water partition coefficient (Wildman–Crippen LogP) is 2.38. The molecule has 1 aromatic carbocycles. The minimum Gasteiger partial charge on any atom is -0.496 e. The minimum atomic E-state index is -4.28. The first-order valence-corrected chi connectivity index (χ1v) is 3.92. The van der Waals surface area contributed by atoms with Crippen molar-refractivity contribution < 1.29 is 17.9 Å². The molecule has 14 heavy (non-hydrogen) atoms. The number of rotatable bonds is 2. The maximum absolute atomic E-state index is 12.1. The third-order valence-corrected chi connectivity index (χ3v) is 1.77. The van der Waals surface area contributed by atoms with Crippen LogP contribution in [0.4, 0.5) is 18.9 Å². The van der Waals surface area contributed by atoms with Crippen LogP contribution < -0.4 is 10.5 Å². The first-order valence-electron chi connectivity index (χ1n) is 3.92. The summed E-state index contributed by atoms with van der Waals surface area (Å²) in [6.07, 6.45) is -5.34. The first-order chi connectivity index (χ1) is 6.44. The van der Waals surface area contributed by atoms with Crippen molar-refractivity contribution >= 4 is 5.69 Å². The predicted molar refractivity (Wildman–Crippen MR) is 47.2 cm³/mol. The monoisotopic (exact) mass is 205 g/mol. The molecular weight excluding hydrogens is 195 g/mol. The van der Waals surface area contributed by atoms with E-state index in [-0.39, 0.29) is 17.0 Å². The van der Waals surface area contributed by atoms with Gasteiger partial charge in [-0.05, 0) is 12.1 Å². The van der Waals surface area contributed by atoms with Gasteiger partial charge in [0.15, 0.2) is 0 Å². The quantitative estimate of drug-likeness (QED) is 0.752. The molecule has 1 aromatic rings. The molecule has 0 bridgehead atoms. The van der Waals surface area contributed by atoms with E-state index in [0.717, 1.165) is 0 Å². The Morgan fingerprint density at radius 2 is 2.00 bits per heavy atom. The molecule has 2 nitrogen and oxygen atoms in total. The maximum atomic E-state index is 12.1. The first kappa shape index (κ1) is 10.7. The van der Waals surface area contributed by atoms with E-state index in [0.29, 0.717) is 0 Å². The van der Waals surface area contributed by atoms with Crippen molar-refractivity contribution in [2.24, 2.45) is 0 Å². The van der Waals surface area contributed by atoms with Gasteiger partial charge in [0.2, 0.25) is 0 Å². The van der Waals surface area contributed by atoms with Crippen LogP contribution in [0.2, 0.25) is 0 Å². The summed E-state index contributed by atoms with van der Waals surface area (Å²) in [6, 6.07) is 4.43. The van der Waals surface area contributed by atoms with Crippen LogP contribution in [-0.2, 0) is 6.42 Å². The van der Waals surface area contributed by atoms with Crippen LogP contribution in [0.25, 0.3) is 0 Å². The number of hydrogen-bond donors (Lipinski definition) is 1. The van der Waals surface area contributed by atoms with E-state index in [1.807, 2.05) is 0 Å². The average Bonchev–Trinajstić information content (AvgIpc) is 2.06. The standard InChI is InChI=1S/C9H10F3NO/c1-14-8-4-2-3-7(13)6(8)5-9(10,11)12/h2-4H,5,13H2,1H3. The zero-order chi connectivity index (χ0) is 10.8. The number of anilines is 1. The Bertz CT molecular complexity index is 322. The van der Waals surface area contributed by atoms with Crippen LogP contribution >= 0.6 is 0 Å². The summed E-state index contributed by atoms with van der Waals surface area (Å²) in [5.41, 5.74) is 5.51. The van der Waals surface area contributed by atoms with Gasteiger partial charge in [0, 0.05) is 11.3 Å². The molecule has 0 spiro atoms. The van der Waals surface area contributed by atoms with Crippen LogP contribution in [-0.4, -0.2) is 13.3 Å². The van der Waals surface area contributed by atoms with Gasteiger partial charge in [-0.1, -0.05) is 6.07 Å². The number of halogens is 3. The third kappa shape index (κ3) is 2.55. The summed E-state index contributed by atoms with van der Waals surface area (Å²) >= 11 is 0. The van der Waals surface area contributed by atoms with E-state index >= 15 is 0 Å². The smallest absolute Gasteiger partial charge is 0.393 e. The summed E-state index contributed by atoms with van der Waals surface area (Å²) in [7, 11) is 1.31. The molecule has 0 radical (unpaired) electrons. The molecule has 0 saturated heterocycles. The lowest BCUT2D eigenvalue weighted by atomic mass is 10.1. The van der Waals surface area contributed by atoms with Crippen molar-refractivity contribution in [2.45, 2.75) is 12.6 Å². The summed E-state index contributed by atoms with van der Waals surface area (Å²) in [5.74, 6) is 0.169. The van der Waals surface area contributed by atoms with E-state index in [2.05, 4.69) is 0 Å². The second-order valence-corrected chi connectivity index (χ2v) is 2.82. The highest BCUT2D eigenvalue weighted by molar-refractivity contribution is 5.54. The summed E-state index contributed by atoms with van der Waals surface area (Å²) in [4.78, 5) is 0. The van der Waals surface area contributed by atoms with Gasteiger partial charge in [0.25, 0.3) is 0 Å². The van der Waals surface area contributed by atoms with Gasteiger partial charge < -0.3 is 10.5 Å². The van der Waals surface area contributed by atoms with Crippen molar-refractivity contribution in [3.63, 3.8) is 0 Å². The normalized spacial score (nSPS) is 11.4. The Labute approximate surface area is 79.5 Å². The number of alkyl halides is 3. The average molecular weight is 205 g/mol. The lowest BCUT2D eigenvalue weighted by Crippen LogP contribution is -2.14. The molecule has 0 unspecified atom stereocenters. The zero-order valence-corrected chi connectivity index (χ0v) is 7.56. The van der Waals surface area contributed by atoms with Crippen LogP contribution in [0.3, 0.4) is 0 Å². The number of methoxy groups -OCH3 is 1. The highest BCUT2D eigenvalue weighted by atomic mass is 19.4. The lowest BCUT2D eigenvalue weighted by Gasteiger charge is -2.12. The van der Waals surface area contributed by atoms with Crippen LogP contribution in [0.5, 0.6) is 5.75 Å². The Morgan fingerprint density at radius 1 is 1.36 bits per heavy atom. The highest BCUT2D eigenvalue weighted by Gasteiger charge is 2.30. The minimum absolute atomic E-state index is 0.0116. The summed E-state index contributed by atoms with van der Waals surface area (Å²) in [5, 5.41) is 0. The van der Waals surface area contributed by atoms with Crippen LogP contribution in [0.1, 0.15) is 5.56 Å². The number of ether oxygens (including phenoxy) is 1. The van der Waals surface area contributed by atoms with Gasteiger partial charge in [0.05, 0.1) is 13.5 Å². The SMILES string of the molecule is COc1cccc(N)c1CC(F)(F)F. The van der Waals surface area contributed by atoms with Gasteiger partial charge >= 0.3 is 6.18 Å². The second kappa shape index (κ2) is 3.77. The Morgan fingerprint density at radius 3 is 2.50 bits per heavy atom. The zero-order valence-electron chi connectivity index (χ0n) is 7.56. The fourth-order valence-electron chi connectivity index (χ4n) is 1.16. The molecule has 0 aliphatic carbocycles. The number of nitrogen functional groups attached to an aromatic ring is 1. The number of benzene rings is 1. The Balaban J connectivity index is 3.05. The van der Waals surface area contributed by atoms with E-state index in [4.69, 9.17) is 10.5 Å². The molecule has 0 saturated carbocycles. The Hall–Kier alpha value is -1.39. The molecule has 78 valence electrons. The fraction of sp³-hybridized carbons (Fsp3) is 0.333. The van der Waals surface area contributed by atoms with Gasteiger partial charge in [-0.15, -0.1) is 0 Å². The van der Waals surface area contributed by atoms with Crippen molar-refractivity contribution in [3.05, 3.63) is 23.8 Å². The fourth-order valence-corrected chi connectivity index (χ4v) is 1.16. The van der Waals surface area contributed by atoms with Crippen molar-refractivity contribution in [2.75, 3.05) is 12.8 Å². The molecule has 0 fully saturated rings. The molecular formula is C9H10F3NO. The van der Waals surface area contributed by atoms with E-state index in [1.54, 1.807) is 6.07 Å². The highest BCUT2D eigenvalue weighted by Crippen LogP contribution is 2.31. The lowest BCUT2D eigenvalue weighted by molar-refractivity contribution is -0.127. The number of nitrogens with two attached hydrogens (primary N) is 1. The Kier molecular flexibility index (Phi) is 2.88. The van der Waals surface area contributed by atoms with Gasteiger partial charge in [-0.2, -0.15) is 13.2 Å². The van der Waals surface area contributed by atoms with Crippen molar-refractivity contribution in [3.8, 4) is 5.75 Å². The van der Waals surface area contributed by atoms with Gasteiger partial charge in [-0.3, -0.25) is 0 Å². The summed E-state index contributed by atoms with van der Waals surface area (Å²) in [6.45, 7) is 0. The molecule has 5 heteroatoms. The van der Waals surface area contributed by atoms with E-state index in [1.165, 1.54) is 19.2 Å². The molecule has 2 N–H and O–H groups in total. The van der Waals surface area contributed by atoms with E-state index in [9.17, 15) is 13.2 Å². The second-order valence-electron chi connectivity index (χ2n) is 2.82. The van der Waals surface area contributed by atoms with Crippen molar-refractivity contribution in [1.29, 1.82) is 0 Å². The molecule has 0 atom stereocenters. The molecule has 0 heterocycles. The summed E-state index contributed by atoms with van der Waals surface area (Å²) < 4.78 is 41.2.